The minimum Gasteiger partial charge on any atom is -0.472 e. The van der Waals surface area contributed by atoms with Gasteiger partial charge in [-0.2, -0.15) is 0 Å². The fourth-order valence-electron chi connectivity index (χ4n) is 5.11. The van der Waals surface area contributed by atoms with E-state index in [4.69, 9.17) is 4.74 Å². The number of pyridine rings is 1. The number of fused-ring (bicyclic) bond motifs is 1. The van der Waals surface area contributed by atoms with E-state index in [9.17, 15) is 14.3 Å². The number of aliphatic hydroxyl groups is 1. The minimum atomic E-state index is -0.353. The van der Waals surface area contributed by atoms with Gasteiger partial charge in [-0.1, -0.05) is 37.7 Å². The molecular weight excluding hydrogens is 457 g/mol. The van der Waals surface area contributed by atoms with Gasteiger partial charge >= 0.3 is 0 Å². The number of aliphatic hydroxyl groups excluding tert-OH is 1. The summed E-state index contributed by atoms with van der Waals surface area (Å²) in [4.78, 5) is 22.1. The molecule has 2 aliphatic rings. The van der Waals surface area contributed by atoms with Crippen molar-refractivity contribution in [3.63, 3.8) is 0 Å². The Kier molecular flexibility index (Phi) is 8.60. The zero-order valence-electron chi connectivity index (χ0n) is 21.4. The van der Waals surface area contributed by atoms with Gasteiger partial charge in [0, 0.05) is 42.9 Å². The standard InChI is InChI=1S/C29H36FN3O3/c1-20-16-33(21(2)19-34)29(35)26-14-24(12-11-22-9-6-10-25(30)13-22)15-31-28(26)36-27(20)18-32(3)17-23-7-4-5-8-23/h6,9-10,13-15,20-21,23,27,34H,4-5,7-8,16-19H2,1-3H3/t20-,21+,27+/m1/s1. The molecule has 0 bridgehead atoms. The fourth-order valence-corrected chi connectivity index (χ4v) is 5.11. The highest BCUT2D eigenvalue weighted by Gasteiger charge is 2.34. The molecule has 0 unspecified atom stereocenters. The van der Waals surface area contributed by atoms with Crippen molar-refractivity contribution >= 4 is 5.91 Å². The van der Waals surface area contributed by atoms with E-state index >= 15 is 0 Å². The average molecular weight is 494 g/mol. The molecule has 0 radical (unpaired) electrons. The van der Waals surface area contributed by atoms with Gasteiger partial charge in [0.2, 0.25) is 5.88 Å². The van der Waals surface area contributed by atoms with E-state index in [1.807, 2.05) is 6.92 Å². The molecule has 0 saturated heterocycles. The van der Waals surface area contributed by atoms with E-state index in [2.05, 4.69) is 35.7 Å². The van der Waals surface area contributed by atoms with Gasteiger partial charge in [0.05, 0.1) is 12.6 Å². The first-order valence-corrected chi connectivity index (χ1v) is 12.9. The van der Waals surface area contributed by atoms with Crippen LogP contribution in [0.4, 0.5) is 4.39 Å². The summed E-state index contributed by atoms with van der Waals surface area (Å²) in [5.41, 5.74) is 1.41. The van der Waals surface area contributed by atoms with Crippen molar-refractivity contribution in [1.82, 2.24) is 14.8 Å². The van der Waals surface area contributed by atoms with Crippen LogP contribution >= 0.6 is 0 Å². The molecule has 192 valence electrons. The Labute approximate surface area is 213 Å². The van der Waals surface area contributed by atoms with Crippen molar-refractivity contribution in [3.8, 4) is 17.7 Å². The van der Waals surface area contributed by atoms with E-state index < -0.39 is 0 Å². The molecule has 1 amide bonds. The van der Waals surface area contributed by atoms with Crippen molar-refractivity contribution in [2.24, 2.45) is 11.8 Å². The summed E-state index contributed by atoms with van der Waals surface area (Å²) in [6.07, 6.45) is 6.62. The van der Waals surface area contributed by atoms with Crippen molar-refractivity contribution in [1.29, 1.82) is 0 Å². The second kappa shape index (κ2) is 11.9. The Morgan fingerprint density at radius 3 is 2.69 bits per heavy atom. The number of benzene rings is 1. The molecule has 1 aliphatic heterocycles. The minimum absolute atomic E-state index is 0.0522. The van der Waals surface area contributed by atoms with Crippen LogP contribution < -0.4 is 4.74 Å². The van der Waals surface area contributed by atoms with E-state index in [0.29, 0.717) is 23.2 Å². The molecule has 2 heterocycles. The van der Waals surface area contributed by atoms with E-state index in [-0.39, 0.29) is 42.3 Å². The number of carbonyl (C=O) groups is 1. The molecule has 1 fully saturated rings. The van der Waals surface area contributed by atoms with Crippen LogP contribution in [-0.2, 0) is 0 Å². The highest BCUT2D eigenvalue weighted by atomic mass is 19.1. The van der Waals surface area contributed by atoms with Crippen molar-refractivity contribution in [3.05, 3.63) is 59.0 Å². The molecule has 36 heavy (non-hydrogen) atoms. The van der Waals surface area contributed by atoms with Crippen molar-refractivity contribution in [2.45, 2.75) is 51.7 Å². The lowest BCUT2D eigenvalue weighted by Gasteiger charge is -2.38. The molecule has 2 aromatic rings. The molecule has 1 aromatic carbocycles. The number of carbonyl (C=O) groups excluding carboxylic acids is 1. The number of nitrogens with zero attached hydrogens (tertiary/aromatic N) is 3. The van der Waals surface area contributed by atoms with Gasteiger partial charge in [-0.25, -0.2) is 9.37 Å². The van der Waals surface area contributed by atoms with Crippen LogP contribution in [0.5, 0.6) is 5.88 Å². The lowest BCUT2D eigenvalue weighted by atomic mass is 9.99. The number of amides is 1. The van der Waals surface area contributed by atoms with Crippen LogP contribution in [-0.4, -0.2) is 71.2 Å². The summed E-state index contributed by atoms with van der Waals surface area (Å²) in [5.74, 6) is 6.40. The number of hydrogen-bond donors (Lipinski definition) is 1. The number of aromatic nitrogens is 1. The molecule has 6 nitrogen and oxygen atoms in total. The van der Waals surface area contributed by atoms with Crippen LogP contribution in [0.2, 0.25) is 0 Å². The molecule has 0 spiro atoms. The molecule has 1 saturated carbocycles. The Bertz CT molecular complexity index is 1120. The van der Waals surface area contributed by atoms with Gasteiger partial charge in [0.25, 0.3) is 5.91 Å². The Morgan fingerprint density at radius 1 is 1.22 bits per heavy atom. The summed E-state index contributed by atoms with van der Waals surface area (Å²) in [5, 5.41) is 9.86. The SMILES string of the molecule is C[C@@H]1CN([C@@H](C)CO)C(=O)c2cc(C#Cc3cccc(F)c3)cnc2O[C@H]1CN(C)CC1CCCC1. The molecular formula is C29H36FN3O3. The monoisotopic (exact) mass is 493 g/mol. The highest BCUT2D eigenvalue weighted by Crippen LogP contribution is 2.29. The van der Waals surface area contributed by atoms with E-state index in [1.54, 1.807) is 29.3 Å². The van der Waals surface area contributed by atoms with Gasteiger partial charge < -0.3 is 19.6 Å². The summed E-state index contributed by atoms with van der Waals surface area (Å²) in [7, 11) is 2.13. The predicted octanol–water partition coefficient (Wildman–Crippen LogP) is 3.96. The average Bonchev–Trinajstić information content (AvgIpc) is 3.37. The van der Waals surface area contributed by atoms with Gasteiger partial charge in [0.1, 0.15) is 17.5 Å². The first-order chi connectivity index (χ1) is 17.3. The number of hydrogen-bond acceptors (Lipinski definition) is 5. The van der Waals surface area contributed by atoms with Crippen LogP contribution in [0.15, 0.2) is 36.5 Å². The number of likely N-dealkylation sites (N-methyl/N-ethyl adjacent to an activating group) is 1. The maximum Gasteiger partial charge on any atom is 0.259 e. The summed E-state index contributed by atoms with van der Waals surface area (Å²) >= 11 is 0. The topological polar surface area (TPSA) is 65.9 Å². The zero-order valence-corrected chi connectivity index (χ0v) is 21.4. The van der Waals surface area contributed by atoms with Crippen LogP contribution in [0.3, 0.4) is 0 Å². The van der Waals surface area contributed by atoms with Crippen LogP contribution in [0.25, 0.3) is 0 Å². The van der Waals surface area contributed by atoms with Gasteiger partial charge in [-0.15, -0.1) is 0 Å². The van der Waals surface area contributed by atoms with E-state index in [0.717, 1.165) is 19.0 Å². The lowest BCUT2D eigenvalue weighted by molar-refractivity contribution is 0.0320. The van der Waals surface area contributed by atoms with Gasteiger partial charge in [-0.3, -0.25) is 4.79 Å². The van der Waals surface area contributed by atoms with Crippen LogP contribution in [0, 0.1) is 29.5 Å². The fraction of sp³-hybridized carbons (Fsp3) is 0.517. The van der Waals surface area contributed by atoms with Gasteiger partial charge in [0.15, 0.2) is 0 Å². The maximum atomic E-state index is 13.6. The molecule has 1 aliphatic carbocycles. The third-order valence-electron chi connectivity index (χ3n) is 7.23. The largest absolute Gasteiger partial charge is 0.472 e. The first-order valence-electron chi connectivity index (χ1n) is 12.9. The number of ether oxygens (including phenoxy) is 1. The van der Waals surface area contributed by atoms with Gasteiger partial charge in [-0.05, 0) is 57.0 Å². The lowest BCUT2D eigenvalue weighted by Crippen LogP contribution is -2.50. The third kappa shape index (κ3) is 6.43. The zero-order chi connectivity index (χ0) is 25.7. The summed E-state index contributed by atoms with van der Waals surface area (Å²) in [6.45, 7) is 6.04. The molecule has 3 atom stereocenters. The molecule has 1 aromatic heterocycles. The second-order valence-corrected chi connectivity index (χ2v) is 10.3. The molecule has 7 heteroatoms. The van der Waals surface area contributed by atoms with E-state index in [1.165, 1.54) is 37.8 Å². The molecule has 1 N–H and O–H groups in total. The Balaban J connectivity index is 1.61. The van der Waals surface area contributed by atoms with Crippen molar-refractivity contribution in [2.75, 3.05) is 33.3 Å². The second-order valence-electron chi connectivity index (χ2n) is 10.3. The van der Waals surface area contributed by atoms with Crippen molar-refractivity contribution < 1.29 is 19.0 Å². The summed E-state index contributed by atoms with van der Waals surface area (Å²) in [6, 6.07) is 7.40. The highest BCUT2D eigenvalue weighted by molar-refractivity contribution is 5.97. The smallest absolute Gasteiger partial charge is 0.259 e. The quantitative estimate of drug-likeness (QED) is 0.617. The number of halogens is 1. The Hall–Kier alpha value is -2.95. The summed E-state index contributed by atoms with van der Waals surface area (Å²) < 4.78 is 19.9. The number of rotatable bonds is 6. The molecule has 4 rings (SSSR count). The third-order valence-corrected chi connectivity index (χ3v) is 7.23. The maximum absolute atomic E-state index is 13.6. The Morgan fingerprint density at radius 2 is 1.97 bits per heavy atom. The van der Waals surface area contributed by atoms with Crippen LogP contribution in [0.1, 0.15) is 61.0 Å². The first kappa shape index (κ1) is 26.1. The normalized spacial score (nSPS) is 21.3. The predicted molar refractivity (Wildman–Crippen MR) is 137 cm³/mol.